The largest absolute Gasteiger partial charge is 0.497 e. The Morgan fingerprint density at radius 1 is 1.20 bits per heavy atom. The highest BCUT2D eigenvalue weighted by molar-refractivity contribution is 7.99. The molecule has 0 bridgehead atoms. The Hall–Kier alpha value is -2.89. The van der Waals surface area contributed by atoms with Crippen LogP contribution in [0, 0.1) is 22.9 Å². The van der Waals surface area contributed by atoms with Crippen LogP contribution >= 0.6 is 11.8 Å². The van der Waals surface area contributed by atoms with Gasteiger partial charge in [-0.05, 0) is 68.5 Å². The molecule has 0 spiro atoms. The van der Waals surface area contributed by atoms with E-state index in [0.29, 0.717) is 78.5 Å². The van der Waals surface area contributed by atoms with Gasteiger partial charge in [0.05, 0.1) is 25.7 Å². The zero-order valence-corrected chi connectivity index (χ0v) is 23.0. The zero-order valence-electron chi connectivity index (χ0n) is 22.1. The molecule has 1 fully saturated rings. The maximum absolute atomic E-state index is 15.9. The minimum atomic E-state index is -1.44. The lowest BCUT2D eigenvalue weighted by Crippen LogP contribution is -2.42. The Bertz CT molecular complexity index is 1350. The Labute approximate surface area is 234 Å². The number of fused-ring (bicyclic) bond motifs is 1. The molecule has 1 aliphatic rings. The average Bonchev–Trinajstić information content (AvgIpc) is 2.94. The number of alkyl halides is 1. The number of methoxy groups -OCH3 is 1. The number of nitrogens with zero attached hydrogens (tertiary/aromatic N) is 2. The fourth-order valence-electron chi connectivity index (χ4n) is 5.44. The third-order valence-corrected chi connectivity index (χ3v) is 8.67. The summed E-state index contributed by atoms with van der Waals surface area (Å²) in [4.78, 5) is 18.1. The number of ether oxygens (including phenoxy) is 1. The number of pyridine rings is 1. The number of aliphatic hydroxyl groups is 1. The molecule has 2 aromatic carbocycles. The molecule has 2 heterocycles. The van der Waals surface area contributed by atoms with E-state index in [1.165, 1.54) is 13.3 Å². The fraction of sp³-hybridized carbons (Fsp3) is 0.448. The lowest BCUT2D eigenvalue weighted by atomic mass is 9.71. The number of carboxylic acid groups (broad SMARTS) is 1. The summed E-state index contributed by atoms with van der Waals surface area (Å²) in [5.74, 6) is -3.14. The Balaban J connectivity index is 1.41. The topological polar surface area (TPSA) is 82.9 Å². The molecule has 216 valence electrons. The van der Waals surface area contributed by atoms with Crippen LogP contribution in [0.2, 0.25) is 0 Å². The highest BCUT2D eigenvalue weighted by Gasteiger charge is 2.37. The van der Waals surface area contributed by atoms with Crippen molar-refractivity contribution < 1.29 is 37.3 Å². The number of thioether (sulfide) groups is 1. The lowest BCUT2D eigenvalue weighted by molar-refractivity contribution is -0.141. The van der Waals surface area contributed by atoms with E-state index in [1.807, 2.05) is 0 Å². The number of rotatable bonds is 12. The van der Waals surface area contributed by atoms with Gasteiger partial charge >= 0.3 is 5.97 Å². The molecule has 2 N–H and O–H groups in total. The van der Waals surface area contributed by atoms with Crippen LogP contribution in [-0.2, 0) is 11.4 Å². The van der Waals surface area contributed by atoms with Crippen molar-refractivity contribution >= 4 is 28.6 Å². The molecule has 6 nitrogen and oxygen atoms in total. The van der Waals surface area contributed by atoms with Gasteiger partial charge in [-0.15, -0.1) is 11.8 Å². The summed E-state index contributed by atoms with van der Waals surface area (Å²) in [6, 6.07) is 6.62. The molecule has 3 aromatic rings. The highest BCUT2D eigenvalue weighted by Crippen LogP contribution is 2.43. The number of aliphatic carboxylic acids is 1. The van der Waals surface area contributed by atoms with Crippen molar-refractivity contribution in [1.82, 2.24) is 9.88 Å². The quantitative estimate of drug-likeness (QED) is 0.148. The van der Waals surface area contributed by atoms with Gasteiger partial charge in [-0.2, -0.15) is 0 Å². The monoisotopic (exact) mass is 580 g/mol. The number of benzene rings is 2. The molecular formula is C29H32F4N2O4S. The third-order valence-electron chi connectivity index (χ3n) is 7.68. The van der Waals surface area contributed by atoms with Crippen molar-refractivity contribution in [1.29, 1.82) is 0 Å². The average molecular weight is 581 g/mol. The number of hydrogen-bond donors (Lipinski definition) is 2. The molecule has 0 radical (unpaired) electrons. The van der Waals surface area contributed by atoms with Gasteiger partial charge in [-0.3, -0.25) is 9.78 Å². The van der Waals surface area contributed by atoms with E-state index in [9.17, 15) is 28.2 Å². The van der Waals surface area contributed by atoms with Crippen LogP contribution in [0.1, 0.15) is 49.4 Å². The minimum Gasteiger partial charge on any atom is -0.497 e. The van der Waals surface area contributed by atoms with E-state index >= 15 is 4.39 Å². The number of aromatic nitrogens is 1. The normalized spacial score (nSPS) is 16.2. The number of piperidine rings is 1. The van der Waals surface area contributed by atoms with Crippen molar-refractivity contribution in [2.24, 2.45) is 5.41 Å². The summed E-state index contributed by atoms with van der Waals surface area (Å²) in [5, 5.41) is 20.1. The number of hydrogen-bond acceptors (Lipinski definition) is 6. The van der Waals surface area contributed by atoms with Crippen molar-refractivity contribution in [2.45, 2.75) is 49.8 Å². The Morgan fingerprint density at radius 2 is 1.95 bits per heavy atom. The molecule has 1 aromatic heterocycles. The zero-order chi connectivity index (χ0) is 28.9. The van der Waals surface area contributed by atoms with Gasteiger partial charge in [-0.1, -0.05) is 0 Å². The molecule has 4 rings (SSSR count). The number of carbonyl (C=O) groups is 1. The maximum atomic E-state index is 15.9. The summed E-state index contributed by atoms with van der Waals surface area (Å²) in [7, 11) is 1.51. The highest BCUT2D eigenvalue weighted by atomic mass is 32.2. The number of halogens is 4. The van der Waals surface area contributed by atoms with Crippen molar-refractivity contribution in [3.63, 3.8) is 0 Å². The first-order chi connectivity index (χ1) is 19.1. The summed E-state index contributed by atoms with van der Waals surface area (Å²) >= 11 is 1.02. The second kappa shape index (κ2) is 13.2. The molecular weight excluding hydrogens is 548 g/mol. The first-order valence-electron chi connectivity index (χ1n) is 13.1. The third kappa shape index (κ3) is 7.05. The van der Waals surface area contributed by atoms with Crippen LogP contribution in [0.5, 0.6) is 5.75 Å². The van der Waals surface area contributed by atoms with Crippen molar-refractivity contribution in [3.8, 4) is 5.75 Å². The Kier molecular flexibility index (Phi) is 9.91. The fourth-order valence-corrected chi connectivity index (χ4v) is 6.43. The van der Waals surface area contributed by atoms with E-state index < -0.39 is 35.0 Å². The molecule has 1 aliphatic heterocycles. The summed E-state index contributed by atoms with van der Waals surface area (Å²) in [6.07, 6.45) is 1.43. The summed E-state index contributed by atoms with van der Waals surface area (Å²) in [6.45, 7) is 1.29. The van der Waals surface area contributed by atoms with E-state index in [-0.39, 0.29) is 24.3 Å². The Morgan fingerprint density at radius 3 is 2.62 bits per heavy atom. The molecule has 1 unspecified atom stereocenters. The smallest absolute Gasteiger partial charge is 0.303 e. The van der Waals surface area contributed by atoms with Gasteiger partial charge in [0.2, 0.25) is 0 Å². The van der Waals surface area contributed by atoms with Crippen molar-refractivity contribution in [2.75, 3.05) is 32.5 Å². The van der Waals surface area contributed by atoms with Crippen LogP contribution in [-0.4, -0.2) is 58.6 Å². The van der Waals surface area contributed by atoms with Crippen LogP contribution in [0.3, 0.4) is 0 Å². The van der Waals surface area contributed by atoms with E-state index in [2.05, 4.69) is 9.88 Å². The van der Waals surface area contributed by atoms with Crippen LogP contribution in [0.4, 0.5) is 17.6 Å². The van der Waals surface area contributed by atoms with Gasteiger partial charge in [0.25, 0.3) is 0 Å². The summed E-state index contributed by atoms with van der Waals surface area (Å²) in [5.41, 5.74) is 0.690. The predicted octanol–water partition coefficient (Wildman–Crippen LogP) is 6.29. The molecule has 0 saturated carbocycles. The number of carboxylic acids is 1. The molecule has 0 amide bonds. The predicted molar refractivity (Wildman–Crippen MR) is 145 cm³/mol. The van der Waals surface area contributed by atoms with Crippen LogP contribution < -0.4 is 4.74 Å². The first kappa shape index (κ1) is 30.1. The standard InChI is InChI=1S/C29H32F4N2O4S/c1-39-20-2-3-24-21(14-20)27(18(17-36)16-34-24)22(31)4-5-29(15-26(37)38)6-8-35(9-7-29)10-11-40-25-13-19(30)12-23(32)28(25)33/h2-3,12-14,16,22,36H,4-11,15,17H2,1H3,(H,37,38). The number of aliphatic hydroxyl groups excluding tert-OH is 1. The molecule has 11 heteroatoms. The van der Waals surface area contributed by atoms with Gasteiger partial charge in [0, 0.05) is 46.0 Å². The second-order valence-electron chi connectivity index (χ2n) is 10.2. The van der Waals surface area contributed by atoms with Gasteiger partial charge < -0.3 is 19.8 Å². The van der Waals surface area contributed by atoms with Gasteiger partial charge in [-0.25, -0.2) is 17.6 Å². The molecule has 1 saturated heterocycles. The van der Waals surface area contributed by atoms with Crippen LogP contribution in [0.15, 0.2) is 41.4 Å². The first-order valence-corrected chi connectivity index (χ1v) is 14.1. The minimum absolute atomic E-state index is 0.0802. The maximum Gasteiger partial charge on any atom is 0.303 e. The van der Waals surface area contributed by atoms with Gasteiger partial charge in [0.1, 0.15) is 17.7 Å². The summed E-state index contributed by atoms with van der Waals surface area (Å²) < 4.78 is 62.0. The molecule has 40 heavy (non-hydrogen) atoms. The molecule has 1 atom stereocenters. The van der Waals surface area contributed by atoms with E-state index in [1.54, 1.807) is 18.2 Å². The number of likely N-dealkylation sites (tertiary alicyclic amines) is 1. The lowest BCUT2D eigenvalue weighted by Gasteiger charge is -2.41. The van der Waals surface area contributed by atoms with E-state index in [4.69, 9.17) is 4.74 Å². The SMILES string of the molecule is COc1ccc2ncc(CO)c(C(F)CCC3(CC(=O)O)CCN(CCSc4cc(F)cc(F)c4F)CC3)c2c1. The second-order valence-corrected chi connectivity index (χ2v) is 11.3. The van der Waals surface area contributed by atoms with E-state index in [0.717, 1.165) is 17.8 Å². The van der Waals surface area contributed by atoms with Crippen LogP contribution in [0.25, 0.3) is 10.9 Å². The van der Waals surface area contributed by atoms with Crippen molar-refractivity contribution in [3.05, 3.63) is 65.1 Å². The van der Waals surface area contributed by atoms with Gasteiger partial charge in [0.15, 0.2) is 11.6 Å². The molecule has 0 aliphatic carbocycles.